The van der Waals surface area contributed by atoms with E-state index in [1.54, 1.807) is 0 Å². The first-order chi connectivity index (χ1) is 12.8. The van der Waals surface area contributed by atoms with Crippen LogP contribution >= 0.6 is 11.6 Å². The predicted molar refractivity (Wildman–Crippen MR) is 102 cm³/mol. The maximum Gasteiger partial charge on any atom is 0.163 e. The van der Waals surface area contributed by atoms with E-state index in [1.807, 2.05) is 48.5 Å². The quantitative estimate of drug-likeness (QED) is 0.701. The number of nitrogens with one attached hydrogen (secondary N) is 2. The number of rotatable bonds is 5. The average molecular weight is 369 g/mol. The molecule has 0 spiro atoms. The summed E-state index contributed by atoms with van der Waals surface area (Å²) in [5.74, 6) is 2.91. The molecule has 1 aliphatic heterocycles. The van der Waals surface area contributed by atoms with Gasteiger partial charge in [0.05, 0.1) is 0 Å². The highest BCUT2D eigenvalue weighted by Crippen LogP contribution is 2.33. The summed E-state index contributed by atoms with van der Waals surface area (Å²) in [6, 6.07) is 15.3. The summed E-state index contributed by atoms with van der Waals surface area (Å²) in [5.41, 5.74) is 1.99. The van der Waals surface area contributed by atoms with Crippen LogP contribution in [-0.2, 0) is 6.54 Å². The number of benzene rings is 2. The van der Waals surface area contributed by atoms with Gasteiger partial charge in [0, 0.05) is 29.4 Å². The summed E-state index contributed by atoms with van der Waals surface area (Å²) in [6.07, 6.45) is 1.52. The molecule has 2 aromatic carbocycles. The molecule has 0 fully saturated rings. The van der Waals surface area contributed by atoms with Crippen molar-refractivity contribution in [1.82, 2.24) is 9.97 Å². The fourth-order valence-electron chi connectivity index (χ4n) is 2.59. The molecule has 2 N–H and O–H groups in total. The molecule has 0 aliphatic carbocycles. The Kier molecular flexibility index (Phi) is 4.75. The van der Waals surface area contributed by atoms with E-state index < -0.39 is 0 Å². The summed E-state index contributed by atoms with van der Waals surface area (Å²) in [4.78, 5) is 8.51. The Morgan fingerprint density at radius 1 is 0.885 bits per heavy atom. The Bertz CT molecular complexity index is 902. The number of anilines is 3. The van der Waals surface area contributed by atoms with Crippen molar-refractivity contribution in [2.45, 2.75) is 6.54 Å². The minimum atomic E-state index is 0.558. The van der Waals surface area contributed by atoms with Gasteiger partial charge in [-0.05, 0) is 29.8 Å². The molecule has 132 valence electrons. The average Bonchev–Trinajstić information content (AvgIpc) is 2.68. The maximum absolute atomic E-state index is 5.90. The van der Waals surface area contributed by atoms with Crippen LogP contribution in [0, 0.1) is 0 Å². The first-order valence-electron chi connectivity index (χ1n) is 8.23. The Hall–Kier alpha value is -2.99. The zero-order valence-corrected chi connectivity index (χ0v) is 14.7. The normalized spacial score (nSPS) is 12.5. The number of hydrogen-bond donors (Lipinski definition) is 2. The molecular formula is C19H17ClN4O2. The molecule has 0 saturated heterocycles. The van der Waals surface area contributed by atoms with Crippen molar-refractivity contribution < 1.29 is 9.47 Å². The van der Waals surface area contributed by atoms with E-state index in [-0.39, 0.29) is 0 Å². The Balaban J connectivity index is 1.43. The molecular weight excluding hydrogens is 352 g/mol. The predicted octanol–water partition coefficient (Wildman–Crippen LogP) is 4.26. The maximum atomic E-state index is 5.90. The molecule has 0 bridgehead atoms. The lowest BCUT2D eigenvalue weighted by molar-refractivity contribution is 0.171. The molecule has 6 nitrogen and oxygen atoms in total. The zero-order chi connectivity index (χ0) is 17.8. The number of nitrogens with zero attached hydrogens (tertiary/aromatic N) is 2. The summed E-state index contributed by atoms with van der Waals surface area (Å²) in [7, 11) is 0. The van der Waals surface area contributed by atoms with Crippen molar-refractivity contribution in [3.8, 4) is 11.5 Å². The molecule has 1 aliphatic rings. The van der Waals surface area contributed by atoms with Gasteiger partial charge in [0.1, 0.15) is 31.2 Å². The highest BCUT2D eigenvalue weighted by atomic mass is 35.5. The van der Waals surface area contributed by atoms with Gasteiger partial charge in [-0.3, -0.25) is 0 Å². The molecule has 2 heterocycles. The molecule has 4 rings (SSSR count). The van der Waals surface area contributed by atoms with Gasteiger partial charge in [-0.15, -0.1) is 0 Å². The van der Waals surface area contributed by atoms with Crippen molar-refractivity contribution in [3.63, 3.8) is 0 Å². The summed E-state index contributed by atoms with van der Waals surface area (Å²) >= 11 is 5.90. The minimum absolute atomic E-state index is 0.558. The molecule has 0 saturated carbocycles. The van der Waals surface area contributed by atoms with Crippen molar-refractivity contribution in [2.24, 2.45) is 0 Å². The van der Waals surface area contributed by atoms with Crippen LogP contribution in [0.3, 0.4) is 0 Å². The smallest absolute Gasteiger partial charge is 0.163 e. The van der Waals surface area contributed by atoms with Gasteiger partial charge in [0.15, 0.2) is 11.5 Å². The number of hydrogen-bond acceptors (Lipinski definition) is 6. The number of aromatic nitrogens is 2. The fraction of sp³-hybridized carbons (Fsp3) is 0.158. The van der Waals surface area contributed by atoms with E-state index in [1.165, 1.54) is 6.33 Å². The Labute approximate surface area is 156 Å². The van der Waals surface area contributed by atoms with E-state index in [0.29, 0.717) is 25.6 Å². The van der Waals surface area contributed by atoms with Crippen molar-refractivity contribution in [1.29, 1.82) is 0 Å². The van der Waals surface area contributed by atoms with E-state index in [0.717, 1.165) is 33.6 Å². The SMILES string of the molecule is Clc1ccc(CNc2cc(Nc3ccc4c(c3)OCCO4)ncn2)cc1. The molecule has 0 unspecified atom stereocenters. The highest BCUT2D eigenvalue weighted by molar-refractivity contribution is 6.30. The third-order valence-electron chi connectivity index (χ3n) is 3.87. The Morgan fingerprint density at radius 2 is 1.65 bits per heavy atom. The van der Waals surface area contributed by atoms with Gasteiger partial charge in [0.25, 0.3) is 0 Å². The molecule has 0 atom stereocenters. The Morgan fingerprint density at radius 3 is 2.50 bits per heavy atom. The van der Waals surface area contributed by atoms with Gasteiger partial charge < -0.3 is 20.1 Å². The fourth-order valence-corrected chi connectivity index (χ4v) is 2.71. The van der Waals surface area contributed by atoms with Gasteiger partial charge in [-0.25, -0.2) is 9.97 Å². The first kappa shape index (κ1) is 16.5. The third-order valence-corrected chi connectivity index (χ3v) is 4.12. The van der Waals surface area contributed by atoms with E-state index >= 15 is 0 Å². The molecule has 3 aromatic rings. The zero-order valence-electron chi connectivity index (χ0n) is 13.9. The van der Waals surface area contributed by atoms with Crippen LogP contribution in [0.1, 0.15) is 5.56 Å². The lowest BCUT2D eigenvalue weighted by atomic mass is 10.2. The summed E-state index contributed by atoms with van der Waals surface area (Å²) in [5, 5.41) is 7.26. The highest BCUT2D eigenvalue weighted by Gasteiger charge is 2.12. The third kappa shape index (κ3) is 3.97. The van der Waals surface area contributed by atoms with Crippen molar-refractivity contribution in [3.05, 3.63) is 65.4 Å². The van der Waals surface area contributed by atoms with E-state index in [2.05, 4.69) is 20.6 Å². The van der Waals surface area contributed by atoms with Crippen LogP contribution in [-0.4, -0.2) is 23.2 Å². The van der Waals surface area contributed by atoms with Gasteiger partial charge in [-0.1, -0.05) is 23.7 Å². The largest absolute Gasteiger partial charge is 0.486 e. The lowest BCUT2D eigenvalue weighted by Crippen LogP contribution is -2.15. The van der Waals surface area contributed by atoms with Crippen LogP contribution < -0.4 is 20.1 Å². The van der Waals surface area contributed by atoms with Crippen molar-refractivity contribution in [2.75, 3.05) is 23.8 Å². The lowest BCUT2D eigenvalue weighted by Gasteiger charge is -2.19. The van der Waals surface area contributed by atoms with Gasteiger partial charge in [0.2, 0.25) is 0 Å². The van der Waals surface area contributed by atoms with Crippen molar-refractivity contribution >= 4 is 28.9 Å². The molecule has 1 aromatic heterocycles. The minimum Gasteiger partial charge on any atom is -0.486 e. The van der Waals surface area contributed by atoms with Crippen LogP contribution in [0.15, 0.2) is 54.9 Å². The van der Waals surface area contributed by atoms with Gasteiger partial charge >= 0.3 is 0 Å². The second-order valence-electron chi connectivity index (χ2n) is 5.75. The van der Waals surface area contributed by atoms with Crippen LogP contribution in [0.2, 0.25) is 5.02 Å². The monoisotopic (exact) mass is 368 g/mol. The molecule has 7 heteroatoms. The van der Waals surface area contributed by atoms with Crippen LogP contribution in [0.4, 0.5) is 17.3 Å². The number of halogens is 1. The topological polar surface area (TPSA) is 68.3 Å². The van der Waals surface area contributed by atoms with Crippen LogP contribution in [0.5, 0.6) is 11.5 Å². The number of fused-ring (bicyclic) bond motifs is 1. The van der Waals surface area contributed by atoms with E-state index in [4.69, 9.17) is 21.1 Å². The molecule has 26 heavy (non-hydrogen) atoms. The van der Waals surface area contributed by atoms with E-state index in [9.17, 15) is 0 Å². The van der Waals surface area contributed by atoms with Crippen LogP contribution in [0.25, 0.3) is 0 Å². The number of ether oxygens (including phenoxy) is 2. The standard InChI is InChI=1S/C19H17ClN4O2/c20-14-3-1-13(2-4-14)11-21-18-10-19(23-12-22-18)24-15-5-6-16-17(9-15)26-8-7-25-16/h1-6,9-10,12H,7-8,11H2,(H2,21,22,23,24). The summed E-state index contributed by atoms with van der Waals surface area (Å²) < 4.78 is 11.1. The first-order valence-corrected chi connectivity index (χ1v) is 8.61. The summed E-state index contributed by atoms with van der Waals surface area (Å²) in [6.45, 7) is 1.79. The molecule has 0 radical (unpaired) electrons. The van der Waals surface area contributed by atoms with Gasteiger partial charge in [-0.2, -0.15) is 0 Å². The second kappa shape index (κ2) is 7.49. The molecule has 0 amide bonds. The second-order valence-corrected chi connectivity index (χ2v) is 6.19.